The molecule has 6 aromatic rings. The molecule has 2 aromatic heterocycles. The number of anilines is 1. The number of nitrogens with two attached hydrogens (primary N) is 1. The molecule has 272 valence electrons. The van der Waals surface area contributed by atoms with Crippen LogP contribution in [0, 0.1) is 36.5 Å². The molecule has 0 aliphatic rings. The molecule has 0 bridgehead atoms. The van der Waals surface area contributed by atoms with Crippen LogP contribution in [0.3, 0.4) is 0 Å². The minimum absolute atomic E-state index is 0.293. The number of aromatic nitrogens is 2. The second kappa shape index (κ2) is 18.3. The van der Waals surface area contributed by atoms with E-state index in [1.165, 1.54) is 7.11 Å². The Hall–Kier alpha value is -5.78. The van der Waals surface area contributed by atoms with Gasteiger partial charge in [0.2, 0.25) is 11.8 Å². The highest BCUT2D eigenvalue weighted by Gasteiger charge is 2.21. The van der Waals surface area contributed by atoms with Crippen LogP contribution < -0.4 is 24.7 Å². The Bertz CT molecular complexity index is 2200. The molecule has 0 atom stereocenters. The number of halogens is 3. The van der Waals surface area contributed by atoms with Crippen LogP contribution in [-0.4, -0.2) is 24.2 Å². The van der Waals surface area contributed by atoms with Crippen molar-refractivity contribution in [2.45, 2.75) is 26.7 Å². The molecule has 0 aliphatic carbocycles. The molecule has 0 spiro atoms. The van der Waals surface area contributed by atoms with Crippen LogP contribution >= 0.6 is 39.1 Å². The highest BCUT2D eigenvalue weighted by atomic mass is 79.9. The van der Waals surface area contributed by atoms with Crippen molar-refractivity contribution in [1.82, 2.24) is 9.97 Å². The van der Waals surface area contributed by atoms with Crippen LogP contribution in [0.2, 0.25) is 10.0 Å². The Balaban J connectivity index is 0.000000208. The Morgan fingerprint density at radius 2 is 1.07 bits per heavy atom. The van der Waals surface area contributed by atoms with Crippen LogP contribution in [0.4, 0.5) is 5.69 Å². The van der Waals surface area contributed by atoms with Gasteiger partial charge in [-0.15, -0.1) is 0 Å². The zero-order valence-corrected chi connectivity index (χ0v) is 32.9. The van der Waals surface area contributed by atoms with E-state index in [1.54, 1.807) is 43.5 Å². The fourth-order valence-corrected chi connectivity index (χ4v) is 6.53. The fraction of sp³-hybridized carbons (Fsp3) is 0.143. The van der Waals surface area contributed by atoms with Gasteiger partial charge in [0, 0.05) is 45.4 Å². The minimum atomic E-state index is 0.293. The number of rotatable bonds is 10. The number of hydrogen-bond donors (Lipinski definition) is 1. The lowest BCUT2D eigenvalue weighted by Crippen LogP contribution is -2.06. The largest absolute Gasteiger partial charge is 0.480 e. The Kier molecular flexibility index (Phi) is 13.4. The summed E-state index contributed by atoms with van der Waals surface area (Å²) in [6, 6.07) is 33.9. The fourth-order valence-electron chi connectivity index (χ4n) is 5.51. The predicted octanol–water partition coefficient (Wildman–Crippen LogP) is 11.0. The van der Waals surface area contributed by atoms with E-state index in [-0.39, 0.29) is 0 Å². The van der Waals surface area contributed by atoms with Gasteiger partial charge in [-0.3, -0.25) is 0 Å². The number of methoxy groups -OCH3 is 2. The molecule has 54 heavy (non-hydrogen) atoms. The maximum absolute atomic E-state index is 9.18. The lowest BCUT2D eigenvalue weighted by Gasteiger charge is -2.18. The Labute approximate surface area is 332 Å². The van der Waals surface area contributed by atoms with Crippen molar-refractivity contribution in [2.75, 3.05) is 20.0 Å². The highest BCUT2D eigenvalue weighted by molar-refractivity contribution is 9.10. The number of nitrogen functional groups attached to an aromatic ring is 1. The van der Waals surface area contributed by atoms with Crippen molar-refractivity contribution in [3.63, 3.8) is 0 Å². The van der Waals surface area contributed by atoms with Crippen molar-refractivity contribution in [3.8, 4) is 46.9 Å². The molecule has 0 saturated carbocycles. The second-order valence-corrected chi connectivity index (χ2v) is 13.5. The van der Waals surface area contributed by atoms with Gasteiger partial charge in [-0.05, 0) is 77.3 Å². The van der Waals surface area contributed by atoms with Gasteiger partial charge in [-0.2, -0.15) is 10.5 Å². The van der Waals surface area contributed by atoms with Gasteiger partial charge in [0.1, 0.15) is 21.7 Å². The first-order chi connectivity index (χ1) is 26.0. The van der Waals surface area contributed by atoms with E-state index in [2.05, 4.69) is 50.2 Å². The van der Waals surface area contributed by atoms with Gasteiger partial charge < -0.3 is 24.7 Å². The zero-order valence-electron chi connectivity index (χ0n) is 29.8. The Morgan fingerprint density at radius 3 is 1.52 bits per heavy atom. The Morgan fingerprint density at radius 1 is 0.648 bits per heavy atom. The third-order valence-electron chi connectivity index (χ3n) is 8.10. The summed E-state index contributed by atoms with van der Waals surface area (Å²) in [5.74, 6) is 2.67. The van der Waals surface area contributed by atoms with E-state index in [9.17, 15) is 5.26 Å². The standard InChI is InChI=1S/C21H16BrClN2O2.C21H18ClN3O2/c1-13-18(10-14-6-4-3-5-7-14)20(19(22)21(25-13)26-2)27-17-9-15(12-24)8-16(23)11-17;1-13-18(10-14-6-4-3-5-7-14)20(19(24)21(25-13)26-2)27-17-9-15(12-23)8-16(22)11-17/h3-9,11H,10H2,1-2H3;3-9,11H,10,24H2,1-2H3. The summed E-state index contributed by atoms with van der Waals surface area (Å²) >= 11 is 15.7. The minimum Gasteiger partial charge on any atom is -0.480 e. The second-order valence-electron chi connectivity index (χ2n) is 11.9. The smallest absolute Gasteiger partial charge is 0.241 e. The number of benzene rings is 4. The predicted molar refractivity (Wildman–Crippen MR) is 214 cm³/mol. The van der Waals surface area contributed by atoms with Crippen LogP contribution in [0.1, 0.15) is 44.8 Å². The first-order valence-electron chi connectivity index (χ1n) is 16.4. The number of aryl methyl sites for hydroxylation is 2. The first kappa shape index (κ1) is 39.4. The van der Waals surface area contributed by atoms with E-state index in [0.717, 1.165) is 33.6 Å². The molecule has 0 radical (unpaired) electrons. The van der Waals surface area contributed by atoms with Gasteiger partial charge in [-0.25, -0.2) is 9.97 Å². The maximum atomic E-state index is 9.18. The first-order valence-corrected chi connectivity index (χ1v) is 18.0. The summed E-state index contributed by atoms with van der Waals surface area (Å²) < 4.78 is 23.5. The molecule has 0 aliphatic heterocycles. The van der Waals surface area contributed by atoms with Gasteiger partial charge in [0.25, 0.3) is 0 Å². The highest BCUT2D eigenvalue weighted by Crippen LogP contribution is 2.42. The zero-order chi connectivity index (χ0) is 38.8. The van der Waals surface area contributed by atoms with Crippen LogP contribution in [0.5, 0.6) is 34.8 Å². The monoisotopic (exact) mass is 821 g/mol. The topological polar surface area (TPSA) is 136 Å². The average molecular weight is 824 g/mol. The lowest BCUT2D eigenvalue weighted by atomic mass is 10.0. The van der Waals surface area contributed by atoms with E-state index in [4.69, 9.17) is 53.1 Å². The number of nitriles is 2. The van der Waals surface area contributed by atoms with Crippen molar-refractivity contribution < 1.29 is 18.9 Å². The summed E-state index contributed by atoms with van der Waals surface area (Å²) in [6.45, 7) is 3.80. The molecular weight excluding hydrogens is 789 g/mol. The van der Waals surface area contributed by atoms with Gasteiger partial charge in [0.15, 0.2) is 11.5 Å². The maximum Gasteiger partial charge on any atom is 0.241 e. The number of nitrogens with zero attached hydrogens (tertiary/aromatic N) is 4. The van der Waals surface area contributed by atoms with Crippen molar-refractivity contribution in [1.29, 1.82) is 10.5 Å². The molecule has 4 aromatic carbocycles. The van der Waals surface area contributed by atoms with Crippen molar-refractivity contribution in [3.05, 3.63) is 156 Å². The third kappa shape index (κ3) is 9.80. The van der Waals surface area contributed by atoms with Gasteiger partial charge in [0.05, 0.1) is 37.5 Å². The molecular formula is C42H34BrCl2N5O4. The molecule has 2 heterocycles. The van der Waals surface area contributed by atoms with Crippen LogP contribution in [0.15, 0.2) is 102 Å². The molecule has 6 rings (SSSR count). The van der Waals surface area contributed by atoms with Crippen molar-refractivity contribution >= 4 is 44.8 Å². The summed E-state index contributed by atoms with van der Waals surface area (Å²) in [6.07, 6.45) is 1.23. The van der Waals surface area contributed by atoms with Crippen molar-refractivity contribution in [2.24, 2.45) is 0 Å². The molecule has 0 saturated heterocycles. The molecule has 0 unspecified atom stereocenters. The van der Waals surface area contributed by atoms with Crippen LogP contribution in [-0.2, 0) is 12.8 Å². The van der Waals surface area contributed by atoms with Crippen LogP contribution in [0.25, 0.3) is 0 Å². The molecule has 12 heteroatoms. The summed E-state index contributed by atoms with van der Waals surface area (Å²) in [5, 5.41) is 19.2. The summed E-state index contributed by atoms with van der Waals surface area (Å²) in [5.41, 5.74) is 12.9. The van der Waals surface area contributed by atoms with E-state index in [1.807, 2.05) is 62.4 Å². The normalized spacial score (nSPS) is 10.3. The summed E-state index contributed by atoms with van der Waals surface area (Å²) in [7, 11) is 3.06. The van der Waals surface area contributed by atoms with Gasteiger partial charge in [-0.1, -0.05) is 83.9 Å². The lowest BCUT2D eigenvalue weighted by molar-refractivity contribution is 0.386. The number of hydrogen-bond acceptors (Lipinski definition) is 9. The van der Waals surface area contributed by atoms with Gasteiger partial charge >= 0.3 is 0 Å². The van der Waals surface area contributed by atoms with E-state index in [0.29, 0.717) is 78.9 Å². The average Bonchev–Trinajstić information content (AvgIpc) is 3.17. The molecule has 0 amide bonds. The molecule has 2 N–H and O–H groups in total. The number of pyridine rings is 2. The third-order valence-corrected chi connectivity index (χ3v) is 9.23. The van der Waals surface area contributed by atoms with E-state index < -0.39 is 0 Å². The molecule has 0 fully saturated rings. The molecule has 9 nitrogen and oxygen atoms in total. The number of ether oxygens (including phenoxy) is 4. The SMILES string of the molecule is COc1nc(C)c(Cc2ccccc2)c(Oc2cc(Cl)cc(C#N)c2)c1Br.COc1nc(C)c(Cc2ccccc2)c(Oc2cc(Cl)cc(C#N)c2)c1N. The quantitative estimate of drug-likeness (QED) is 0.143. The summed E-state index contributed by atoms with van der Waals surface area (Å²) in [4.78, 5) is 8.95. The van der Waals surface area contributed by atoms with E-state index >= 15 is 0 Å².